The van der Waals surface area contributed by atoms with Gasteiger partial charge in [-0.05, 0) is 136 Å². The first kappa shape index (κ1) is 37.4. The maximum absolute atomic E-state index is 13.2. The second kappa shape index (κ2) is 12.1. The number of esters is 2. The fraction of sp³-hybridized carbons (Fsp3) is 0.878. The van der Waals surface area contributed by atoms with Crippen LogP contribution in [0.2, 0.25) is 0 Å². The van der Waals surface area contributed by atoms with Crippen LogP contribution >= 0.6 is 0 Å². The van der Waals surface area contributed by atoms with Gasteiger partial charge in [0, 0.05) is 10.8 Å². The van der Waals surface area contributed by atoms with Crippen molar-refractivity contribution >= 4 is 17.9 Å². The highest BCUT2D eigenvalue weighted by atomic mass is 16.5. The lowest BCUT2D eigenvalue weighted by molar-refractivity contribution is -0.252. The molecule has 5 saturated carbocycles. The first-order valence-electron chi connectivity index (χ1n) is 19.0. The van der Waals surface area contributed by atoms with Crippen molar-refractivity contribution in [2.45, 2.75) is 158 Å². The molecule has 48 heavy (non-hydrogen) atoms. The molecule has 5 aliphatic rings. The quantitative estimate of drug-likeness (QED) is 0.186. The molecule has 3 N–H and O–H groups in total. The monoisotopic (exact) mass is 669 g/mol. The number of ether oxygens (including phenoxy) is 2. The third-order valence-electron chi connectivity index (χ3n) is 15.7. The molecule has 0 amide bonds. The number of hydrogen-bond acceptors (Lipinski definition) is 6. The van der Waals surface area contributed by atoms with Crippen molar-refractivity contribution in [1.29, 1.82) is 0 Å². The molecule has 3 unspecified atom stereocenters. The number of carbonyl (C=O) groups excluding carboxylic acids is 2. The van der Waals surface area contributed by atoms with Gasteiger partial charge in [0.1, 0.15) is 11.6 Å². The van der Waals surface area contributed by atoms with E-state index in [1.165, 1.54) is 24.8 Å². The molecule has 0 aromatic heterocycles. The van der Waals surface area contributed by atoms with Crippen molar-refractivity contribution in [2.75, 3.05) is 6.61 Å². The van der Waals surface area contributed by atoms with Crippen molar-refractivity contribution in [3.63, 3.8) is 0 Å². The summed E-state index contributed by atoms with van der Waals surface area (Å²) in [4.78, 5) is 37.4. The third kappa shape index (κ3) is 5.98. The predicted octanol–water partition coefficient (Wildman–Crippen LogP) is 8.73. The Bertz CT molecular complexity index is 1310. The molecule has 5 fully saturated rings. The zero-order chi connectivity index (χ0) is 35.9. The second-order valence-electron chi connectivity index (χ2n) is 20.1. The summed E-state index contributed by atoms with van der Waals surface area (Å²) >= 11 is 0. The van der Waals surface area contributed by atoms with Crippen molar-refractivity contribution in [1.82, 2.24) is 0 Å². The van der Waals surface area contributed by atoms with E-state index >= 15 is 0 Å². The molecule has 5 rings (SSSR count). The molecule has 10 atom stereocenters. The number of allylic oxidation sites excluding steroid dienone is 1. The predicted molar refractivity (Wildman–Crippen MR) is 189 cm³/mol. The standard InChI is InChI=1S/C41H67NO6/c1-25(2)26-14-19-41(24-47-34(46)37(7,8)42)21-20-39(10)27(33(26)41)12-13-29-38(9)17-16-30(36(5,6)28(38)15-18-40(29,39)11)48-32(45)23-35(3,4)22-31(43)44/h26-30,33H,1,12-24,42H2,2-11H3,(H,43,44)/t26-,27+,28?,29?,30-,33?,38-,39+,40+,41+/m0/s1. The van der Waals surface area contributed by atoms with Gasteiger partial charge in [-0.25, -0.2) is 0 Å². The normalized spacial score (nSPS) is 42.0. The molecule has 0 saturated heterocycles. The average Bonchev–Trinajstić information content (AvgIpc) is 3.32. The van der Waals surface area contributed by atoms with Gasteiger partial charge in [0.2, 0.25) is 0 Å². The number of nitrogens with two attached hydrogens (primary N) is 1. The first-order valence-corrected chi connectivity index (χ1v) is 19.0. The molecule has 0 aromatic carbocycles. The van der Waals surface area contributed by atoms with Crippen molar-refractivity contribution in [3.05, 3.63) is 12.2 Å². The van der Waals surface area contributed by atoms with Crippen LogP contribution in [0.4, 0.5) is 0 Å². The van der Waals surface area contributed by atoms with E-state index in [-0.39, 0.29) is 58.0 Å². The summed E-state index contributed by atoms with van der Waals surface area (Å²) in [7, 11) is 0. The van der Waals surface area contributed by atoms with Crippen LogP contribution in [0, 0.1) is 62.1 Å². The molecule has 0 spiro atoms. The maximum Gasteiger partial charge on any atom is 0.325 e. The Kier molecular flexibility index (Phi) is 9.43. The van der Waals surface area contributed by atoms with E-state index in [0.717, 1.165) is 44.9 Å². The van der Waals surface area contributed by atoms with E-state index in [9.17, 15) is 19.5 Å². The average molecular weight is 670 g/mol. The van der Waals surface area contributed by atoms with Crippen LogP contribution in [0.15, 0.2) is 12.2 Å². The Balaban J connectivity index is 1.39. The Morgan fingerprint density at radius 1 is 0.833 bits per heavy atom. The van der Waals surface area contributed by atoms with Gasteiger partial charge in [0.05, 0.1) is 19.4 Å². The summed E-state index contributed by atoms with van der Waals surface area (Å²) in [6.07, 6.45) is 11.0. The molecule has 0 aliphatic heterocycles. The third-order valence-corrected chi connectivity index (χ3v) is 15.7. The van der Waals surface area contributed by atoms with Gasteiger partial charge in [-0.1, -0.05) is 60.6 Å². The van der Waals surface area contributed by atoms with Gasteiger partial charge in [-0.15, -0.1) is 0 Å². The molecule has 5 aliphatic carbocycles. The van der Waals surface area contributed by atoms with Gasteiger partial charge >= 0.3 is 17.9 Å². The van der Waals surface area contributed by atoms with Crippen molar-refractivity contribution < 1.29 is 29.0 Å². The zero-order valence-electron chi connectivity index (χ0n) is 31.9. The minimum atomic E-state index is -0.997. The highest BCUT2D eigenvalue weighted by molar-refractivity contribution is 5.79. The molecular formula is C41H67NO6. The lowest BCUT2D eigenvalue weighted by atomic mass is 9.32. The number of rotatable bonds is 9. The van der Waals surface area contributed by atoms with Crippen LogP contribution in [-0.4, -0.2) is 41.3 Å². The second-order valence-corrected chi connectivity index (χ2v) is 20.1. The molecule has 0 aromatic rings. The Hall–Kier alpha value is -1.89. The minimum absolute atomic E-state index is 0.0119. The minimum Gasteiger partial charge on any atom is -0.481 e. The van der Waals surface area contributed by atoms with Crippen molar-refractivity contribution in [2.24, 2.45) is 67.8 Å². The number of fused-ring (bicyclic) bond motifs is 7. The van der Waals surface area contributed by atoms with Gasteiger partial charge in [-0.2, -0.15) is 0 Å². The highest BCUT2D eigenvalue weighted by Gasteiger charge is 2.71. The van der Waals surface area contributed by atoms with E-state index < -0.39 is 16.9 Å². The number of carboxylic acids is 1. The fourth-order valence-corrected chi connectivity index (χ4v) is 13.2. The number of carbonyl (C=O) groups is 3. The van der Waals surface area contributed by atoms with Crippen LogP contribution < -0.4 is 5.73 Å². The van der Waals surface area contributed by atoms with Gasteiger partial charge in [-0.3, -0.25) is 14.4 Å². The molecule has 7 heteroatoms. The first-order chi connectivity index (χ1) is 21.9. The SMILES string of the molecule is C=C(C)[C@@H]1CC[C@]2(COC(=O)C(C)(C)N)CC[C@]3(C)[C@H](CCC4[C@@]5(C)CC[C@H](OC(=O)CC(C)(C)CC(=O)O)C(C)(C)C5CC[C@]43C)C12. The smallest absolute Gasteiger partial charge is 0.325 e. The van der Waals surface area contributed by atoms with Crippen LogP contribution in [0.25, 0.3) is 0 Å². The molecule has 0 radical (unpaired) electrons. The molecule has 272 valence electrons. The lowest BCUT2D eigenvalue weighted by Gasteiger charge is -2.73. The highest BCUT2D eigenvalue weighted by Crippen LogP contribution is 2.77. The Morgan fingerprint density at radius 2 is 1.50 bits per heavy atom. The largest absolute Gasteiger partial charge is 0.481 e. The molecule has 0 bridgehead atoms. The lowest BCUT2D eigenvalue weighted by Crippen LogP contribution is -2.67. The summed E-state index contributed by atoms with van der Waals surface area (Å²) in [5.74, 6) is 1.03. The van der Waals surface area contributed by atoms with Gasteiger partial charge in [0.25, 0.3) is 0 Å². The number of aliphatic carboxylic acids is 1. The number of carboxylic acid groups (broad SMARTS) is 1. The molecule has 0 heterocycles. The Labute approximate surface area is 290 Å². The van der Waals surface area contributed by atoms with Gasteiger partial charge in [0.15, 0.2) is 0 Å². The van der Waals surface area contributed by atoms with E-state index in [2.05, 4.69) is 48.1 Å². The summed E-state index contributed by atoms with van der Waals surface area (Å²) in [5.41, 5.74) is 6.12. The molecular weight excluding hydrogens is 602 g/mol. The van der Waals surface area contributed by atoms with Crippen LogP contribution in [0.5, 0.6) is 0 Å². The summed E-state index contributed by atoms with van der Waals surface area (Å²) < 4.78 is 12.3. The summed E-state index contributed by atoms with van der Waals surface area (Å²) in [5, 5.41) is 9.32. The zero-order valence-corrected chi connectivity index (χ0v) is 31.9. The summed E-state index contributed by atoms with van der Waals surface area (Å²) in [6, 6.07) is 0. The van der Waals surface area contributed by atoms with Crippen LogP contribution in [0.1, 0.15) is 146 Å². The van der Waals surface area contributed by atoms with Crippen molar-refractivity contribution in [3.8, 4) is 0 Å². The maximum atomic E-state index is 13.2. The fourth-order valence-electron chi connectivity index (χ4n) is 13.2. The number of hydrogen-bond donors (Lipinski definition) is 2. The van der Waals surface area contributed by atoms with Crippen LogP contribution in [0.3, 0.4) is 0 Å². The topological polar surface area (TPSA) is 116 Å². The molecule has 7 nitrogen and oxygen atoms in total. The summed E-state index contributed by atoms with van der Waals surface area (Å²) in [6.45, 7) is 26.8. The van der Waals surface area contributed by atoms with Crippen LogP contribution in [-0.2, 0) is 23.9 Å². The van der Waals surface area contributed by atoms with E-state index in [0.29, 0.717) is 36.2 Å². The van der Waals surface area contributed by atoms with Gasteiger partial charge < -0.3 is 20.3 Å². The van der Waals surface area contributed by atoms with E-state index in [1.807, 2.05) is 13.8 Å². The van der Waals surface area contributed by atoms with E-state index in [4.69, 9.17) is 15.2 Å². The Morgan fingerprint density at radius 3 is 2.10 bits per heavy atom. The van der Waals surface area contributed by atoms with E-state index in [1.54, 1.807) is 13.8 Å².